The van der Waals surface area contributed by atoms with E-state index in [1.807, 2.05) is 0 Å². The minimum absolute atomic E-state index is 0.253. The molecule has 7 heteroatoms. The maximum atomic E-state index is 12.3. The van der Waals surface area contributed by atoms with Crippen LogP contribution >= 0.6 is 0 Å². The summed E-state index contributed by atoms with van der Waals surface area (Å²) in [4.78, 5) is 35.2. The molecule has 0 saturated heterocycles. The number of ketones is 1. The highest BCUT2D eigenvalue weighted by molar-refractivity contribution is 6.01. The first-order valence-corrected chi connectivity index (χ1v) is 7.81. The lowest BCUT2D eigenvalue weighted by atomic mass is 10.1. The van der Waals surface area contributed by atoms with Crippen LogP contribution in [0.1, 0.15) is 27.6 Å². The molecule has 0 aliphatic heterocycles. The van der Waals surface area contributed by atoms with Gasteiger partial charge in [0.1, 0.15) is 11.5 Å². The fourth-order valence-corrected chi connectivity index (χ4v) is 2.11. The highest BCUT2D eigenvalue weighted by atomic mass is 16.5. The first kappa shape index (κ1) is 19.0. The van der Waals surface area contributed by atoms with Crippen LogP contribution in [-0.2, 0) is 9.53 Å². The van der Waals surface area contributed by atoms with Gasteiger partial charge < -0.3 is 19.9 Å². The van der Waals surface area contributed by atoms with E-state index in [-0.39, 0.29) is 18.0 Å². The smallest absolute Gasteiger partial charge is 0.338 e. The van der Waals surface area contributed by atoms with Gasteiger partial charge in [-0.2, -0.15) is 0 Å². The van der Waals surface area contributed by atoms with Gasteiger partial charge in [0.05, 0.1) is 12.7 Å². The number of Topliss-reactive ketones (excluding diaryl/α,β-unsaturated/α-hetero) is 1. The second-order valence-corrected chi connectivity index (χ2v) is 5.42. The predicted octanol–water partition coefficient (Wildman–Crippen LogP) is 1.99. The molecule has 26 heavy (non-hydrogen) atoms. The zero-order valence-electron chi connectivity index (χ0n) is 14.4. The van der Waals surface area contributed by atoms with Gasteiger partial charge >= 0.3 is 5.97 Å². The Balaban J connectivity index is 1.96. The fraction of sp³-hybridized carbons (Fsp3) is 0.211. The Kier molecular flexibility index (Phi) is 6.32. The van der Waals surface area contributed by atoms with Gasteiger partial charge in [0, 0.05) is 5.56 Å². The van der Waals surface area contributed by atoms with Crippen LogP contribution in [0.5, 0.6) is 11.5 Å². The van der Waals surface area contributed by atoms with Crippen molar-refractivity contribution in [2.45, 2.75) is 13.0 Å². The molecule has 0 heterocycles. The monoisotopic (exact) mass is 357 g/mol. The third kappa shape index (κ3) is 5.07. The largest absolute Gasteiger partial charge is 0.497 e. The van der Waals surface area contributed by atoms with Crippen LogP contribution < -0.4 is 15.2 Å². The van der Waals surface area contributed by atoms with E-state index in [2.05, 4.69) is 0 Å². The quantitative estimate of drug-likeness (QED) is 0.572. The number of ether oxygens (including phenoxy) is 3. The number of carbonyl (C=O) groups is 3. The molecule has 0 bridgehead atoms. The molecule has 2 N–H and O–H groups in total. The summed E-state index contributed by atoms with van der Waals surface area (Å²) < 4.78 is 15.4. The van der Waals surface area contributed by atoms with E-state index in [9.17, 15) is 14.4 Å². The molecule has 0 fully saturated rings. The second-order valence-electron chi connectivity index (χ2n) is 5.42. The summed E-state index contributed by atoms with van der Waals surface area (Å²) in [5, 5.41) is 0. The number of carbonyl (C=O) groups excluding carboxylic acids is 3. The van der Waals surface area contributed by atoms with Crippen molar-refractivity contribution < 1.29 is 28.6 Å². The molecule has 1 atom stereocenters. The lowest BCUT2D eigenvalue weighted by molar-refractivity contribution is -0.119. The first-order chi connectivity index (χ1) is 12.4. The molecule has 2 aromatic rings. The van der Waals surface area contributed by atoms with E-state index in [1.165, 1.54) is 38.3 Å². The van der Waals surface area contributed by atoms with E-state index >= 15 is 0 Å². The molecule has 0 unspecified atom stereocenters. The normalized spacial score (nSPS) is 11.3. The number of methoxy groups -OCH3 is 1. The lowest BCUT2D eigenvalue weighted by Crippen LogP contribution is -2.24. The number of nitrogens with two attached hydrogens (primary N) is 1. The van der Waals surface area contributed by atoms with Gasteiger partial charge in [-0.25, -0.2) is 4.79 Å². The van der Waals surface area contributed by atoms with Crippen LogP contribution in [0.25, 0.3) is 0 Å². The number of esters is 1. The van der Waals surface area contributed by atoms with Crippen LogP contribution in [0.3, 0.4) is 0 Å². The SMILES string of the molecule is COc1ccc(C(=O)[C@H](C)OC(=O)c2ccc(OCC(N)=O)cc2)cc1. The van der Waals surface area contributed by atoms with E-state index in [0.29, 0.717) is 17.1 Å². The van der Waals surface area contributed by atoms with Gasteiger partial charge in [0.2, 0.25) is 5.78 Å². The van der Waals surface area contributed by atoms with Gasteiger partial charge in [-0.3, -0.25) is 9.59 Å². The van der Waals surface area contributed by atoms with Gasteiger partial charge in [0.25, 0.3) is 5.91 Å². The zero-order chi connectivity index (χ0) is 19.1. The molecule has 136 valence electrons. The number of hydrogen-bond donors (Lipinski definition) is 1. The summed E-state index contributed by atoms with van der Waals surface area (Å²) in [5.74, 6) is -0.532. The number of amides is 1. The lowest BCUT2D eigenvalue weighted by Gasteiger charge is -2.13. The Bertz CT molecular complexity index is 783. The fourth-order valence-electron chi connectivity index (χ4n) is 2.11. The Hall–Kier alpha value is -3.35. The van der Waals surface area contributed by atoms with E-state index in [4.69, 9.17) is 19.9 Å². The molecule has 2 aromatic carbocycles. The van der Waals surface area contributed by atoms with E-state index in [0.717, 1.165) is 0 Å². The molecular weight excluding hydrogens is 338 g/mol. The van der Waals surface area contributed by atoms with Crippen molar-refractivity contribution in [3.63, 3.8) is 0 Å². The average molecular weight is 357 g/mol. The van der Waals surface area contributed by atoms with Crippen molar-refractivity contribution in [1.29, 1.82) is 0 Å². The van der Waals surface area contributed by atoms with Crippen LogP contribution in [0.4, 0.5) is 0 Å². The summed E-state index contributed by atoms with van der Waals surface area (Å²) in [6.07, 6.45) is -0.943. The van der Waals surface area contributed by atoms with Gasteiger partial charge in [-0.1, -0.05) is 0 Å². The molecule has 2 rings (SSSR count). The number of primary amides is 1. The maximum Gasteiger partial charge on any atom is 0.338 e. The van der Waals surface area contributed by atoms with Gasteiger partial charge in [0.15, 0.2) is 12.7 Å². The molecule has 0 radical (unpaired) electrons. The summed E-state index contributed by atoms with van der Waals surface area (Å²) >= 11 is 0. The standard InChI is InChI=1S/C19H19NO6/c1-12(18(22)13-3-7-15(24-2)8-4-13)26-19(23)14-5-9-16(10-6-14)25-11-17(20)21/h3-10,12H,11H2,1-2H3,(H2,20,21)/t12-/m0/s1. The Morgan fingerprint density at radius 3 is 2.00 bits per heavy atom. The highest BCUT2D eigenvalue weighted by Crippen LogP contribution is 2.16. The highest BCUT2D eigenvalue weighted by Gasteiger charge is 2.20. The molecule has 0 aliphatic rings. The summed E-state index contributed by atoms with van der Waals surface area (Å²) in [7, 11) is 1.53. The van der Waals surface area contributed by atoms with Crippen molar-refractivity contribution in [3.8, 4) is 11.5 Å². The summed E-state index contributed by atoms with van der Waals surface area (Å²) in [6.45, 7) is 1.26. The summed E-state index contributed by atoms with van der Waals surface area (Å²) in [6, 6.07) is 12.5. The number of benzene rings is 2. The second kappa shape index (κ2) is 8.66. The Morgan fingerprint density at radius 1 is 0.923 bits per heavy atom. The summed E-state index contributed by atoms with van der Waals surface area (Å²) in [5.41, 5.74) is 5.66. The number of hydrogen-bond acceptors (Lipinski definition) is 6. The zero-order valence-corrected chi connectivity index (χ0v) is 14.4. The molecular formula is C19H19NO6. The topological polar surface area (TPSA) is 105 Å². The minimum atomic E-state index is -0.943. The van der Waals surface area contributed by atoms with Crippen molar-refractivity contribution in [2.75, 3.05) is 13.7 Å². The maximum absolute atomic E-state index is 12.3. The van der Waals surface area contributed by atoms with Crippen LogP contribution in [-0.4, -0.2) is 37.5 Å². The van der Waals surface area contributed by atoms with Gasteiger partial charge in [-0.15, -0.1) is 0 Å². The van der Waals surface area contributed by atoms with Crippen molar-refractivity contribution in [3.05, 3.63) is 59.7 Å². The third-order valence-corrected chi connectivity index (χ3v) is 3.50. The van der Waals surface area contributed by atoms with Crippen molar-refractivity contribution in [2.24, 2.45) is 5.73 Å². The third-order valence-electron chi connectivity index (χ3n) is 3.50. The molecule has 1 amide bonds. The first-order valence-electron chi connectivity index (χ1n) is 7.81. The average Bonchev–Trinajstić information content (AvgIpc) is 2.66. The van der Waals surface area contributed by atoms with E-state index in [1.54, 1.807) is 24.3 Å². The molecule has 0 aromatic heterocycles. The van der Waals surface area contributed by atoms with Crippen molar-refractivity contribution in [1.82, 2.24) is 0 Å². The van der Waals surface area contributed by atoms with Crippen LogP contribution in [0.2, 0.25) is 0 Å². The molecule has 0 aliphatic carbocycles. The van der Waals surface area contributed by atoms with E-state index < -0.39 is 18.0 Å². The Labute approximate surface area is 150 Å². The molecule has 7 nitrogen and oxygen atoms in total. The van der Waals surface area contributed by atoms with Gasteiger partial charge in [-0.05, 0) is 55.5 Å². The molecule has 0 saturated carbocycles. The Morgan fingerprint density at radius 2 is 1.46 bits per heavy atom. The minimum Gasteiger partial charge on any atom is -0.497 e. The predicted molar refractivity (Wildman–Crippen MR) is 93.3 cm³/mol. The van der Waals surface area contributed by atoms with Crippen LogP contribution in [0.15, 0.2) is 48.5 Å². The molecule has 0 spiro atoms. The number of rotatable bonds is 8. The van der Waals surface area contributed by atoms with Crippen molar-refractivity contribution >= 4 is 17.7 Å². The van der Waals surface area contributed by atoms with Crippen LogP contribution in [0, 0.1) is 0 Å².